The molecule has 0 saturated carbocycles. The van der Waals surface area contributed by atoms with Crippen LogP contribution in [-0.2, 0) is 16.1 Å². The maximum atomic E-state index is 12.2. The highest BCUT2D eigenvalue weighted by Gasteiger charge is 2.25. The van der Waals surface area contributed by atoms with Crippen LogP contribution in [0.4, 0.5) is 4.79 Å². The van der Waals surface area contributed by atoms with Crippen molar-refractivity contribution in [1.82, 2.24) is 10.2 Å². The van der Waals surface area contributed by atoms with Crippen LogP contribution in [0.1, 0.15) is 32.8 Å². The number of nitrogens with one attached hydrogen (secondary N) is 1. The van der Waals surface area contributed by atoms with Gasteiger partial charge in [-0.1, -0.05) is 44.2 Å². The second kappa shape index (κ2) is 9.64. The molecule has 1 N–H and O–H groups in total. The summed E-state index contributed by atoms with van der Waals surface area (Å²) in [5.74, 6) is 0.671. The van der Waals surface area contributed by atoms with Gasteiger partial charge in [0.05, 0.1) is 19.3 Å². The minimum absolute atomic E-state index is 0.0256. The molecule has 0 spiro atoms. The molecular weight excluding hydrogens is 304 g/mol. The first kappa shape index (κ1) is 18.7. The average molecular weight is 334 g/mol. The third-order valence-electron chi connectivity index (χ3n) is 4.12. The number of carbonyl (C=O) groups excluding carboxylic acids is 1. The number of rotatable bonds is 7. The number of ether oxygens (including phenoxy) is 2. The molecule has 2 unspecified atom stereocenters. The number of morpholine rings is 1. The standard InChI is InChI=1S/C19H30N2O3/c1-15(2)11-16(3)20-12-18-13-21(9-10-23-18)19(22)24-14-17-7-5-4-6-8-17/h4-8,15-16,18,20H,9-14H2,1-3H3. The van der Waals surface area contributed by atoms with Crippen molar-refractivity contribution in [2.24, 2.45) is 5.92 Å². The lowest BCUT2D eigenvalue weighted by Gasteiger charge is -2.33. The summed E-state index contributed by atoms with van der Waals surface area (Å²) in [6.07, 6.45) is 0.898. The maximum Gasteiger partial charge on any atom is 0.410 e. The van der Waals surface area contributed by atoms with Crippen molar-refractivity contribution < 1.29 is 14.3 Å². The Bertz CT molecular complexity index is 493. The van der Waals surface area contributed by atoms with Crippen LogP contribution in [0.5, 0.6) is 0 Å². The van der Waals surface area contributed by atoms with Gasteiger partial charge in [0.15, 0.2) is 0 Å². The Kier molecular flexibility index (Phi) is 7.53. The minimum atomic E-state index is -0.262. The van der Waals surface area contributed by atoms with E-state index in [1.807, 2.05) is 30.3 Å². The molecule has 0 radical (unpaired) electrons. The van der Waals surface area contributed by atoms with Crippen LogP contribution in [0.2, 0.25) is 0 Å². The molecule has 5 nitrogen and oxygen atoms in total. The first-order valence-electron chi connectivity index (χ1n) is 8.85. The predicted octanol–water partition coefficient (Wildman–Crippen LogP) is 3.05. The van der Waals surface area contributed by atoms with Gasteiger partial charge in [-0.05, 0) is 24.8 Å². The summed E-state index contributed by atoms with van der Waals surface area (Å²) in [6, 6.07) is 10.2. The fourth-order valence-corrected chi connectivity index (χ4v) is 2.94. The number of benzene rings is 1. The first-order chi connectivity index (χ1) is 11.5. The van der Waals surface area contributed by atoms with Crippen molar-refractivity contribution in [3.8, 4) is 0 Å². The zero-order valence-electron chi connectivity index (χ0n) is 15.0. The molecule has 1 saturated heterocycles. The highest BCUT2D eigenvalue weighted by Crippen LogP contribution is 2.10. The third kappa shape index (κ3) is 6.49. The van der Waals surface area contributed by atoms with Gasteiger partial charge in [0.2, 0.25) is 0 Å². The highest BCUT2D eigenvalue weighted by atomic mass is 16.6. The van der Waals surface area contributed by atoms with Crippen molar-refractivity contribution in [2.75, 3.05) is 26.2 Å². The molecule has 1 fully saturated rings. The molecule has 1 aliphatic rings. The Morgan fingerprint density at radius 1 is 1.33 bits per heavy atom. The summed E-state index contributed by atoms with van der Waals surface area (Å²) < 4.78 is 11.2. The van der Waals surface area contributed by atoms with Crippen molar-refractivity contribution in [2.45, 2.75) is 45.9 Å². The number of carbonyl (C=O) groups is 1. The molecule has 24 heavy (non-hydrogen) atoms. The normalized spacial score (nSPS) is 19.3. The fourth-order valence-electron chi connectivity index (χ4n) is 2.94. The molecule has 2 rings (SSSR count). The van der Waals surface area contributed by atoms with Gasteiger partial charge in [-0.3, -0.25) is 0 Å². The molecule has 0 aromatic heterocycles. The van der Waals surface area contributed by atoms with E-state index in [1.54, 1.807) is 4.90 Å². The lowest BCUT2D eigenvalue weighted by atomic mass is 10.1. The van der Waals surface area contributed by atoms with Crippen molar-refractivity contribution in [3.63, 3.8) is 0 Å². The van der Waals surface area contributed by atoms with Gasteiger partial charge >= 0.3 is 6.09 Å². The largest absolute Gasteiger partial charge is 0.445 e. The summed E-state index contributed by atoms with van der Waals surface area (Å²) >= 11 is 0. The predicted molar refractivity (Wildman–Crippen MR) is 94.9 cm³/mol. The summed E-state index contributed by atoms with van der Waals surface area (Å²) in [6.45, 7) is 9.43. The van der Waals surface area contributed by atoms with E-state index < -0.39 is 0 Å². The Balaban J connectivity index is 1.72. The van der Waals surface area contributed by atoms with E-state index in [2.05, 4.69) is 26.1 Å². The van der Waals surface area contributed by atoms with E-state index in [9.17, 15) is 4.79 Å². The van der Waals surface area contributed by atoms with Gasteiger partial charge < -0.3 is 19.7 Å². The van der Waals surface area contributed by atoms with Crippen molar-refractivity contribution >= 4 is 6.09 Å². The van der Waals surface area contributed by atoms with Crippen LogP contribution >= 0.6 is 0 Å². The molecular formula is C19H30N2O3. The molecule has 0 aliphatic carbocycles. The summed E-state index contributed by atoms with van der Waals surface area (Å²) in [5.41, 5.74) is 1.000. The quantitative estimate of drug-likeness (QED) is 0.833. The highest BCUT2D eigenvalue weighted by molar-refractivity contribution is 5.67. The zero-order chi connectivity index (χ0) is 17.4. The number of amides is 1. The number of nitrogens with zero attached hydrogens (tertiary/aromatic N) is 1. The van der Waals surface area contributed by atoms with Crippen molar-refractivity contribution in [1.29, 1.82) is 0 Å². The Morgan fingerprint density at radius 2 is 2.08 bits per heavy atom. The first-order valence-corrected chi connectivity index (χ1v) is 8.85. The molecule has 1 aromatic carbocycles. The van der Waals surface area contributed by atoms with Gasteiger partial charge in [0, 0.05) is 19.1 Å². The molecule has 5 heteroatoms. The third-order valence-corrected chi connectivity index (χ3v) is 4.12. The summed E-state index contributed by atoms with van der Waals surface area (Å²) in [7, 11) is 0. The van der Waals surface area contributed by atoms with E-state index in [-0.39, 0.29) is 12.2 Å². The molecule has 1 heterocycles. The molecule has 1 amide bonds. The number of hydrogen-bond acceptors (Lipinski definition) is 4. The smallest absolute Gasteiger partial charge is 0.410 e. The Hall–Kier alpha value is -1.59. The molecule has 0 bridgehead atoms. The van der Waals surface area contributed by atoms with Crippen LogP contribution in [0.25, 0.3) is 0 Å². The van der Waals surface area contributed by atoms with Crippen LogP contribution in [-0.4, -0.2) is 49.4 Å². The summed E-state index contributed by atoms with van der Waals surface area (Å²) in [4.78, 5) is 14.0. The van der Waals surface area contributed by atoms with E-state index in [0.717, 1.165) is 18.5 Å². The maximum absolute atomic E-state index is 12.2. The lowest BCUT2D eigenvalue weighted by Crippen LogP contribution is -2.50. The van der Waals surface area contributed by atoms with E-state index >= 15 is 0 Å². The van der Waals surface area contributed by atoms with Gasteiger partial charge in [-0.25, -0.2) is 4.79 Å². The lowest BCUT2D eigenvalue weighted by molar-refractivity contribution is -0.0279. The van der Waals surface area contributed by atoms with Gasteiger partial charge in [0.1, 0.15) is 6.61 Å². The Morgan fingerprint density at radius 3 is 2.79 bits per heavy atom. The van der Waals surface area contributed by atoms with Crippen LogP contribution in [0.15, 0.2) is 30.3 Å². The molecule has 1 aliphatic heterocycles. The minimum Gasteiger partial charge on any atom is -0.445 e. The molecule has 134 valence electrons. The molecule has 2 atom stereocenters. The van der Waals surface area contributed by atoms with Gasteiger partial charge in [-0.2, -0.15) is 0 Å². The molecule has 1 aromatic rings. The van der Waals surface area contributed by atoms with Crippen LogP contribution in [0.3, 0.4) is 0 Å². The van der Waals surface area contributed by atoms with E-state index in [1.165, 1.54) is 0 Å². The van der Waals surface area contributed by atoms with Crippen molar-refractivity contribution in [3.05, 3.63) is 35.9 Å². The monoisotopic (exact) mass is 334 g/mol. The van der Waals surface area contributed by atoms with Gasteiger partial charge in [-0.15, -0.1) is 0 Å². The average Bonchev–Trinajstić information content (AvgIpc) is 2.58. The van der Waals surface area contributed by atoms with Gasteiger partial charge in [0.25, 0.3) is 0 Å². The summed E-state index contributed by atoms with van der Waals surface area (Å²) in [5, 5.41) is 3.50. The zero-order valence-corrected chi connectivity index (χ0v) is 15.0. The number of hydrogen-bond donors (Lipinski definition) is 1. The second-order valence-corrected chi connectivity index (χ2v) is 6.92. The second-order valence-electron chi connectivity index (χ2n) is 6.92. The van der Waals surface area contributed by atoms with E-state index in [4.69, 9.17) is 9.47 Å². The SMILES string of the molecule is CC(C)CC(C)NCC1CN(C(=O)OCc2ccccc2)CCO1. The van der Waals surface area contributed by atoms with Crippen LogP contribution < -0.4 is 5.32 Å². The topological polar surface area (TPSA) is 50.8 Å². The van der Waals surface area contributed by atoms with Crippen LogP contribution in [0, 0.1) is 5.92 Å². The Labute approximate surface area is 145 Å². The van der Waals surface area contributed by atoms with E-state index in [0.29, 0.717) is 38.3 Å². The fraction of sp³-hybridized carbons (Fsp3) is 0.632.